The van der Waals surface area contributed by atoms with Gasteiger partial charge in [-0.05, 0) is 31.1 Å². The van der Waals surface area contributed by atoms with E-state index in [0.29, 0.717) is 12.8 Å². The maximum absolute atomic E-state index is 11.6. The van der Waals surface area contributed by atoms with E-state index in [4.69, 9.17) is 10.2 Å². The number of aliphatic carboxylic acids is 2. The first-order valence-electron chi connectivity index (χ1n) is 7.77. The quantitative estimate of drug-likeness (QED) is 0.439. The van der Waals surface area contributed by atoms with E-state index < -0.39 is 24.1 Å². The third-order valence-electron chi connectivity index (χ3n) is 4.26. The topological polar surface area (TPSA) is 132 Å². The fraction of sp³-hybridized carbons (Fsp3) is 0.688. The van der Waals surface area contributed by atoms with E-state index in [1.165, 1.54) is 6.08 Å². The van der Waals surface area contributed by atoms with Crippen molar-refractivity contribution in [3.8, 4) is 0 Å². The Bertz CT molecular complexity index is 457. The van der Waals surface area contributed by atoms with Gasteiger partial charge < -0.3 is 20.4 Å². The summed E-state index contributed by atoms with van der Waals surface area (Å²) in [5.41, 5.74) is 0. The summed E-state index contributed by atoms with van der Waals surface area (Å²) in [4.78, 5) is 32.5. The molecule has 4 N–H and O–H groups in total. The van der Waals surface area contributed by atoms with Crippen molar-refractivity contribution in [2.24, 2.45) is 11.8 Å². The molecule has 7 nitrogen and oxygen atoms in total. The van der Waals surface area contributed by atoms with Crippen LogP contribution in [0.2, 0.25) is 0 Å². The summed E-state index contributed by atoms with van der Waals surface area (Å²) in [5.74, 6) is -2.58. The predicted octanol–water partition coefficient (Wildman–Crippen LogP) is 0.979. The Morgan fingerprint density at radius 3 is 2.13 bits per heavy atom. The molecule has 1 aliphatic carbocycles. The molecule has 0 aliphatic heterocycles. The first-order valence-corrected chi connectivity index (χ1v) is 7.77. The number of carbonyl (C=O) groups is 3. The largest absolute Gasteiger partial charge is 0.481 e. The van der Waals surface area contributed by atoms with E-state index in [0.717, 1.165) is 0 Å². The molecule has 0 aromatic heterocycles. The molecule has 7 heteroatoms. The van der Waals surface area contributed by atoms with Gasteiger partial charge in [0.05, 0.1) is 25.0 Å². The first kappa shape index (κ1) is 19.3. The van der Waals surface area contributed by atoms with E-state index in [1.54, 1.807) is 6.08 Å². The average molecular weight is 328 g/mol. The fourth-order valence-corrected chi connectivity index (χ4v) is 3.04. The Kier molecular flexibility index (Phi) is 7.91. The Labute approximate surface area is 134 Å². The molecule has 0 amide bonds. The standard InChI is InChI=1S/C16H24O7/c17-10(6-8-16(22)23)5-7-12-11(13(18)9-14(12)19)3-1-2-4-15(20)21/h1-2,11-14,18-19H,3-9H2,(H,20,21)(H,22,23)/b2-1-. The molecule has 0 heterocycles. The van der Waals surface area contributed by atoms with Crippen LogP contribution in [0.4, 0.5) is 0 Å². The number of aliphatic hydroxyl groups is 2. The Hall–Kier alpha value is -1.73. The lowest BCUT2D eigenvalue weighted by Gasteiger charge is -2.22. The predicted molar refractivity (Wildman–Crippen MR) is 80.7 cm³/mol. The summed E-state index contributed by atoms with van der Waals surface area (Å²) >= 11 is 0. The molecule has 0 radical (unpaired) electrons. The molecule has 130 valence electrons. The molecule has 1 saturated carbocycles. The molecule has 0 aromatic carbocycles. The molecule has 23 heavy (non-hydrogen) atoms. The summed E-state index contributed by atoms with van der Waals surface area (Å²) in [7, 11) is 0. The number of rotatable bonds is 10. The Morgan fingerprint density at radius 2 is 1.52 bits per heavy atom. The maximum Gasteiger partial charge on any atom is 0.307 e. The van der Waals surface area contributed by atoms with Crippen molar-refractivity contribution < 1.29 is 34.8 Å². The van der Waals surface area contributed by atoms with Crippen LogP contribution in [0.1, 0.15) is 44.9 Å². The lowest BCUT2D eigenvalue weighted by atomic mass is 9.86. The van der Waals surface area contributed by atoms with Gasteiger partial charge in [-0.15, -0.1) is 0 Å². The molecular weight excluding hydrogens is 304 g/mol. The Morgan fingerprint density at radius 1 is 0.870 bits per heavy atom. The molecule has 0 aromatic rings. The summed E-state index contributed by atoms with van der Waals surface area (Å²) in [5, 5.41) is 37.1. The number of carbonyl (C=O) groups excluding carboxylic acids is 1. The highest BCUT2D eigenvalue weighted by molar-refractivity contribution is 5.82. The smallest absolute Gasteiger partial charge is 0.307 e. The molecular formula is C16H24O7. The molecule has 1 rings (SSSR count). The second-order valence-corrected chi connectivity index (χ2v) is 5.97. The summed E-state index contributed by atoms with van der Waals surface area (Å²) in [6.45, 7) is 0. The van der Waals surface area contributed by atoms with Crippen LogP contribution in [-0.2, 0) is 14.4 Å². The lowest BCUT2D eigenvalue weighted by molar-refractivity contribution is -0.138. The van der Waals surface area contributed by atoms with Gasteiger partial charge in [-0.3, -0.25) is 14.4 Å². The second kappa shape index (κ2) is 9.42. The maximum atomic E-state index is 11.6. The van der Waals surface area contributed by atoms with Crippen LogP contribution < -0.4 is 0 Å². The number of hydrogen-bond acceptors (Lipinski definition) is 5. The third-order valence-corrected chi connectivity index (χ3v) is 4.26. The van der Waals surface area contributed by atoms with Crippen LogP contribution >= 0.6 is 0 Å². The van der Waals surface area contributed by atoms with E-state index in [1.807, 2.05) is 0 Å². The van der Waals surface area contributed by atoms with Gasteiger partial charge in [-0.2, -0.15) is 0 Å². The second-order valence-electron chi connectivity index (χ2n) is 5.97. The number of aliphatic hydroxyl groups excluding tert-OH is 2. The van der Waals surface area contributed by atoms with Crippen molar-refractivity contribution >= 4 is 17.7 Å². The van der Waals surface area contributed by atoms with Crippen molar-refractivity contribution in [2.75, 3.05) is 0 Å². The number of hydrogen-bond donors (Lipinski definition) is 4. The van der Waals surface area contributed by atoms with Crippen LogP contribution in [-0.4, -0.2) is 50.4 Å². The van der Waals surface area contributed by atoms with Gasteiger partial charge in [0.25, 0.3) is 0 Å². The average Bonchev–Trinajstić information content (AvgIpc) is 2.72. The number of carboxylic acids is 2. The molecule has 1 fully saturated rings. The zero-order valence-corrected chi connectivity index (χ0v) is 12.9. The normalized spacial score (nSPS) is 27.4. The van der Waals surface area contributed by atoms with E-state index in [-0.39, 0.29) is 49.7 Å². The van der Waals surface area contributed by atoms with Crippen molar-refractivity contribution in [1.82, 2.24) is 0 Å². The van der Waals surface area contributed by atoms with Gasteiger partial charge in [0.15, 0.2) is 0 Å². The van der Waals surface area contributed by atoms with Crippen molar-refractivity contribution in [3.05, 3.63) is 12.2 Å². The zero-order valence-electron chi connectivity index (χ0n) is 12.9. The zero-order chi connectivity index (χ0) is 17.4. The minimum absolute atomic E-state index is 0.0239. The molecule has 4 atom stereocenters. The Balaban J connectivity index is 2.49. The van der Waals surface area contributed by atoms with E-state index in [2.05, 4.69) is 0 Å². The minimum Gasteiger partial charge on any atom is -0.481 e. The van der Waals surface area contributed by atoms with Crippen molar-refractivity contribution in [2.45, 2.75) is 57.2 Å². The number of allylic oxidation sites excluding steroid dienone is 1. The highest BCUT2D eigenvalue weighted by Gasteiger charge is 2.40. The minimum atomic E-state index is -1.02. The van der Waals surface area contributed by atoms with Gasteiger partial charge >= 0.3 is 11.9 Å². The number of Topliss-reactive ketones (excluding diaryl/α,β-unsaturated/α-hetero) is 1. The summed E-state index contributed by atoms with van der Waals surface area (Å²) < 4.78 is 0. The molecule has 0 bridgehead atoms. The third kappa shape index (κ3) is 6.92. The van der Waals surface area contributed by atoms with E-state index in [9.17, 15) is 24.6 Å². The highest BCUT2D eigenvalue weighted by Crippen LogP contribution is 2.38. The molecule has 1 aliphatic rings. The van der Waals surface area contributed by atoms with Gasteiger partial charge in [0.1, 0.15) is 5.78 Å². The van der Waals surface area contributed by atoms with Gasteiger partial charge in [0, 0.05) is 12.8 Å². The van der Waals surface area contributed by atoms with E-state index >= 15 is 0 Å². The highest BCUT2D eigenvalue weighted by atomic mass is 16.4. The first-order chi connectivity index (χ1) is 10.8. The van der Waals surface area contributed by atoms with Crippen LogP contribution in [0.5, 0.6) is 0 Å². The fourth-order valence-electron chi connectivity index (χ4n) is 3.04. The van der Waals surface area contributed by atoms with Gasteiger partial charge in [-0.1, -0.05) is 12.2 Å². The van der Waals surface area contributed by atoms with Crippen LogP contribution in [0.3, 0.4) is 0 Å². The summed E-state index contributed by atoms with van der Waals surface area (Å²) in [6.07, 6.45) is 2.75. The molecule has 0 spiro atoms. The van der Waals surface area contributed by atoms with Gasteiger partial charge in [-0.25, -0.2) is 0 Å². The SMILES string of the molecule is O=C(O)C/C=C\CC1C(O)CC(O)C1CCC(=O)CCC(=O)O. The molecule has 4 unspecified atom stereocenters. The van der Waals surface area contributed by atoms with Gasteiger partial charge in [0.2, 0.25) is 0 Å². The summed E-state index contributed by atoms with van der Waals surface area (Å²) in [6, 6.07) is 0. The van der Waals surface area contributed by atoms with Crippen LogP contribution in [0, 0.1) is 11.8 Å². The number of carboxylic acid groups (broad SMARTS) is 2. The van der Waals surface area contributed by atoms with Crippen LogP contribution in [0.25, 0.3) is 0 Å². The van der Waals surface area contributed by atoms with Crippen LogP contribution in [0.15, 0.2) is 12.2 Å². The monoisotopic (exact) mass is 328 g/mol. The lowest BCUT2D eigenvalue weighted by Crippen LogP contribution is -2.22. The number of ketones is 1. The van der Waals surface area contributed by atoms with Crippen molar-refractivity contribution in [1.29, 1.82) is 0 Å². The van der Waals surface area contributed by atoms with Crippen molar-refractivity contribution in [3.63, 3.8) is 0 Å². The molecule has 0 saturated heterocycles.